The third-order valence-electron chi connectivity index (χ3n) is 1.49. The van der Waals surface area contributed by atoms with E-state index in [1.54, 1.807) is 14.1 Å². The van der Waals surface area contributed by atoms with Crippen molar-refractivity contribution in [1.29, 1.82) is 0 Å². The third kappa shape index (κ3) is 2.33. The molecule has 6 nitrogen and oxygen atoms in total. The van der Waals surface area contributed by atoms with Crippen molar-refractivity contribution >= 4 is 11.9 Å². The number of amides is 1. The number of carbonyl (C=O) groups is 2. The number of hydrogen-bond acceptors (Lipinski definition) is 3. The minimum Gasteiger partial charge on any atom is -0.477 e. The second-order valence-corrected chi connectivity index (χ2v) is 2.93. The van der Waals surface area contributed by atoms with Crippen LogP contribution in [-0.4, -0.2) is 41.1 Å². The Labute approximate surface area is 80.5 Å². The molecule has 0 unspecified atom stereocenters. The van der Waals surface area contributed by atoms with Gasteiger partial charge in [-0.25, -0.2) is 9.80 Å². The number of rotatable bonds is 3. The van der Waals surface area contributed by atoms with Gasteiger partial charge >= 0.3 is 5.97 Å². The number of carbonyl (C=O) groups excluding carboxylic acids is 1. The molecular weight excluding hydrogens is 186 g/mol. The molecule has 0 saturated carbocycles. The molecule has 0 bridgehead atoms. The van der Waals surface area contributed by atoms with Crippen molar-refractivity contribution in [1.82, 2.24) is 15.4 Å². The zero-order valence-corrected chi connectivity index (χ0v) is 7.87. The fraction of sp³-hybridized carbons (Fsp3) is 0.250. The van der Waals surface area contributed by atoms with Crippen molar-refractivity contribution in [2.75, 3.05) is 14.1 Å². The Bertz CT molecular complexity index is 356. The lowest BCUT2D eigenvalue weighted by Crippen LogP contribution is -2.36. The van der Waals surface area contributed by atoms with Crippen LogP contribution in [0.3, 0.4) is 0 Å². The van der Waals surface area contributed by atoms with Crippen LogP contribution in [0.15, 0.2) is 12.1 Å². The van der Waals surface area contributed by atoms with Crippen LogP contribution in [0.4, 0.5) is 0 Å². The zero-order chi connectivity index (χ0) is 10.7. The fourth-order valence-electron chi connectivity index (χ4n) is 0.916. The van der Waals surface area contributed by atoms with Gasteiger partial charge < -0.3 is 10.1 Å². The van der Waals surface area contributed by atoms with Crippen molar-refractivity contribution in [3.63, 3.8) is 0 Å². The smallest absolute Gasteiger partial charge is 0.352 e. The van der Waals surface area contributed by atoms with E-state index in [0.29, 0.717) is 0 Å². The predicted molar refractivity (Wildman–Crippen MR) is 48.9 cm³/mol. The van der Waals surface area contributed by atoms with Crippen molar-refractivity contribution in [2.24, 2.45) is 0 Å². The number of aromatic carboxylic acids is 1. The van der Waals surface area contributed by atoms with E-state index in [-0.39, 0.29) is 17.3 Å². The molecule has 1 aromatic rings. The Kier molecular flexibility index (Phi) is 2.88. The minimum absolute atomic E-state index is 0.00564. The van der Waals surface area contributed by atoms with Gasteiger partial charge in [0.1, 0.15) is 11.4 Å². The van der Waals surface area contributed by atoms with Gasteiger partial charge in [0.2, 0.25) is 0 Å². The van der Waals surface area contributed by atoms with Crippen LogP contribution >= 0.6 is 0 Å². The number of nitrogens with zero attached hydrogens (tertiary/aromatic N) is 1. The molecule has 14 heavy (non-hydrogen) atoms. The summed E-state index contributed by atoms with van der Waals surface area (Å²) in [7, 11) is 3.33. The van der Waals surface area contributed by atoms with E-state index in [1.165, 1.54) is 17.1 Å². The highest BCUT2D eigenvalue weighted by atomic mass is 16.4. The van der Waals surface area contributed by atoms with Crippen LogP contribution < -0.4 is 5.43 Å². The van der Waals surface area contributed by atoms with E-state index in [1.807, 2.05) is 0 Å². The van der Waals surface area contributed by atoms with Crippen LogP contribution in [0.25, 0.3) is 0 Å². The summed E-state index contributed by atoms with van der Waals surface area (Å²) >= 11 is 0. The van der Waals surface area contributed by atoms with Crippen molar-refractivity contribution < 1.29 is 14.7 Å². The molecule has 0 aliphatic rings. The topological polar surface area (TPSA) is 85.4 Å². The van der Waals surface area contributed by atoms with Gasteiger partial charge in [-0.15, -0.1) is 0 Å². The first-order valence-electron chi connectivity index (χ1n) is 3.91. The number of aromatic nitrogens is 1. The van der Waals surface area contributed by atoms with Crippen LogP contribution in [0.5, 0.6) is 0 Å². The van der Waals surface area contributed by atoms with Crippen LogP contribution in [0, 0.1) is 0 Å². The second kappa shape index (κ2) is 3.93. The SMILES string of the molecule is CN(C)NC(=O)c1ccc(C(=O)O)[nH]1. The molecule has 76 valence electrons. The number of aromatic amines is 1. The van der Waals surface area contributed by atoms with Gasteiger partial charge in [-0.3, -0.25) is 10.2 Å². The highest BCUT2D eigenvalue weighted by Crippen LogP contribution is 2.01. The molecule has 0 spiro atoms. The van der Waals surface area contributed by atoms with E-state index in [2.05, 4.69) is 10.4 Å². The Morgan fingerprint density at radius 1 is 1.36 bits per heavy atom. The van der Waals surface area contributed by atoms with E-state index >= 15 is 0 Å². The standard InChI is InChI=1S/C8H11N3O3/c1-11(2)10-7(12)5-3-4-6(9-5)8(13)14/h3-4,9H,1-2H3,(H,10,12)(H,13,14). The summed E-state index contributed by atoms with van der Waals surface area (Å²) in [5.41, 5.74) is 2.69. The molecule has 0 atom stereocenters. The Hall–Kier alpha value is -1.82. The quantitative estimate of drug-likeness (QED) is 0.591. The summed E-state index contributed by atoms with van der Waals surface area (Å²) in [4.78, 5) is 24.3. The lowest BCUT2D eigenvalue weighted by atomic mass is 10.4. The number of carboxylic acids is 1. The molecule has 0 aliphatic heterocycles. The first kappa shape index (κ1) is 10.3. The molecule has 1 rings (SSSR count). The van der Waals surface area contributed by atoms with Gasteiger partial charge in [0.05, 0.1) is 0 Å². The van der Waals surface area contributed by atoms with Crippen molar-refractivity contribution in [3.05, 3.63) is 23.5 Å². The summed E-state index contributed by atoms with van der Waals surface area (Å²) in [5.74, 6) is -1.46. The maximum absolute atomic E-state index is 11.3. The highest BCUT2D eigenvalue weighted by Gasteiger charge is 2.11. The predicted octanol–water partition coefficient (Wildman–Crippen LogP) is -0.0807. The van der Waals surface area contributed by atoms with E-state index < -0.39 is 5.97 Å². The van der Waals surface area contributed by atoms with Gasteiger partial charge in [-0.2, -0.15) is 0 Å². The van der Waals surface area contributed by atoms with Crippen LogP contribution in [-0.2, 0) is 0 Å². The summed E-state index contributed by atoms with van der Waals surface area (Å²) in [6.07, 6.45) is 0. The number of nitrogens with one attached hydrogen (secondary N) is 2. The molecule has 0 radical (unpaired) electrons. The lowest BCUT2D eigenvalue weighted by molar-refractivity contribution is 0.0691. The van der Waals surface area contributed by atoms with E-state index in [4.69, 9.17) is 5.11 Å². The molecular formula is C8H11N3O3. The van der Waals surface area contributed by atoms with E-state index in [0.717, 1.165) is 0 Å². The van der Waals surface area contributed by atoms with Gasteiger partial charge in [0, 0.05) is 14.1 Å². The number of hydrazine groups is 1. The first-order valence-corrected chi connectivity index (χ1v) is 3.91. The van der Waals surface area contributed by atoms with Crippen molar-refractivity contribution in [3.8, 4) is 0 Å². The summed E-state index contributed by atoms with van der Waals surface area (Å²) in [6, 6.07) is 2.76. The molecule has 3 N–H and O–H groups in total. The van der Waals surface area contributed by atoms with Crippen LogP contribution in [0.2, 0.25) is 0 Å². The van der Waals surface area contributed by atoms with Gasteiger partial charge in [-0.1, -0.05) is 0 Å². The normalized spacial score (nSPS) is 10.2. The largest absolute Gasteiger partial charge is 0.477 e. The van der Waals surface area contributed by atoms with Crippen LogP contribution in [0.1, 0.15) is 21.0 Å². The first-order chi connectivity index (χ1) is 6.50. The maximum Gasteiger partial charge on any atom is 0.352 e. The van der Waals surface area contributed by atoms with Crippen molar-refractivity contribution in [2.45, 2.75) is 0 Å². The highest BCUT2D eigenvalue weighted by molar-refractivity contribution is 5.94. The van der Waals surface area contributed by atoms with E-state index in [9.17, 15) is 9.59 Å². The average Bonchev–Trinajstić information content (AvgIpc) is 2.50. The number of hydrogen-bond donors (Lipinski definition) is 3. The molecule has 0 fully saturated rings. The van der Waals surface area contributed by atoms with Gasteiger partial charge in [-0.05, 0) is 12.1 Å². The monoisotopic (exact) mass is 197 g/mol. The Balaban J connectivity index is 2.76. The lowest BCUT2D eigenvalue weighted by Gasteiger charge is -2.10. The number of H-pyrrole nitrogens is 1. The molecule has 0 saturated heterocycles. The fourth-order valence-corrected chi connectivity index (χ4v) is 0.916. The molecule has 1 aromatic heterocycles. The molecule has 6 heteroatoms. The molecule has 1 heterocycles. The summed E-state index contributed by atoms with van der Waals surface area (Å²) in [6.45, 7) is 0. The zero-order valence-electron chi connectivity index (χ0n) is 7.87. The number of carboxylic acid groups (broad SMARTS) is 1. The molecule has 0 aliphatic carbocycles. The minimum atomic E-state index is -1.09. The molecule has 1 amide bonds. The second-order valence-electron chi connectivity index (χ2n) is 2.93. The third-order valence-corrected chi connectivity index (χ3v) is 1.49. The Morgan fingerprint density at radius 3 is 2.36 bits per heavy atom. The molecule has 0 aromatic carbocycles. The summed E-state index contributed by atoms with van der Waals surface area (Å²) < 4.78 is 0. The van der Waals surface area contributed by atoms with Gasteiger partial charge in [0.15, 0.2) is 0 Å². The maximum atomic E-state index is 11.3. The Morgan fingerprint density at radius 2 is 1.93 bits per heavy atom. The van der Waals surface area contributed by atoms with Gasteiger partial charge in [0.25, 0.3) is 5.91 Å². The summed E-state index contributed by atoms with van der Waals surface area (Å²) in [5, 5.41) is 10.1. The average molecular weight is 197 g/mol.